The fourth-order valence-corrected chi connectivity index (χ4v) is 2.25. The predicted molar refractivity (Wildman–Crippen MR) is 90.5 cm³/mol. The van der Waals surface area contributed by atoms with Crippen molar-refractivity contribution in [3.63, 3.8) is 0 Å². The van der Waals surface area contributed by atoms with Crippen LogP contribution < -0.4 is 5.32 Å². The number of non-ortho nitro benzene ring substituents is 1. The van der Waals surface area contributed by atoms with Gasteiger partial charge in [0.25, 0.3) is 5.69 Å². The molecule has 2 N–H and O–H groups in total. The van der Waals surface area contributed by atoms with Crippen LogP contribution in [0.25, 0.3) is 11.4 Å². The van der Waals surface area contributed by atoms with Gasteiger partial charge in [0.2, 0.25) is 5.91 Å². The number of H-pyrrole nitrogens is 1. The Bertz CT molecular complexity index is 875. The fraction of sp³-hybridized carbons (Fsp3) is 0.118. The minimum atomic E-state index is -0.468. The normalized spacial score (nSPS) is 10.4. The Morgan fingerprint density at radius 2 is 1.84 bits per heavy atom. The molecule has 0 saturated heterocycles. The second-order valence-corrected chi connectivity index (χ2v) is 5.35. The number of carbonyl (C=O) groups is 1. The standard InChI is InChI=1S/C17H15N5O3/c23-16(18-11-12-4-2-1-3-5-12)10-15-19-17(21-20-15)13-6-8-14(9-7-13)22(24)25/h1-9H,10-11H2,(H,18,23)(H,19,20,21). The topological polar surface area (TPSA) is 114 Å². The Morgan fingerprint density at radius 3 is 2.52 bits per heavy atom. The highest BCUT2D eigenvalue weighted by Gasteiger charge is 2.11. The van der Waals surface area contributed by atoms with Crippen LogP contribution in [0.4, 0.5) is 5.69 Å². The van der Waals surface area contributed by atoms with Gasteiger partial charge in [-0.05, 0) is 17.7 Å². The second-order valence-electron chi connectivity index (χ2n) is 5.35. The third-order valence-electron chi connectivity index (χ3n) is 3.53. The first kappa shape index (κ1) is 16.3. The lowest BCUT2D eigenvalue weighted by molar-refractivity contribution is -0.384. The van der Waals surface area contributed by atoms with E-state index >= 15 is 0 Å². The summed E-state index contributed by atoms with van der Waals surface area (Å²) in [5.74, 6) is 0.648. The van der Waals surface area contributed by atoms with Gasteiger partial charge in [0.1, 0.15) is 5.82 Å². The van der Waals surface area contributed by atoms with Gasteiger partial charge in [-0.15, -0.1) is 0 Å². The predicted octanol–water partition coefficient (Wildman–Crippen LogP) is 2.24. The highest BCUT2D eigenvalue weighted by molar-refractivity contribution is 5.77. The van der Waals surface area contributed by atoms with Gasteiger partial charge in [-0.3, -0.25) is 20.0 Å². The lowest BCUT2D eigenvalue weighted by Gasteiger charge is -2.03. The number of nitro benzene ring substituents is 1. The Labute approximate surface area is 143 Å². The summed E-state index contributed by atoms with van der Waals surface area (Å²) in [5.41, 5.74) is 1.65. The highest BCUT2D eigenvalue weighted by Crippen LogP contribution is 2.19. The average Bonchev–Trinajstić information content (AvgIpc) is 3.09. The Hall–Kier alpha value is -3.55. The van der Waals surface area contributed by atoms with Crippen molar-refractivity contribution in [1.82, 2.24) is 20.5 Å². The van der Waals surface area contributed by atoms with Crippen LogP contribution in [0.2, 0.25) is 0 Å². The molecule has 0 saturated carbocycles. The molecule has 0 spiro atoms. The molecule has 0 bridgehead atoms. The summed E-state index contributed by atoms with van der Waals surface area (Å²) in [5, 5.41) is 20.2. The summed E-state index contributed by atoms with van der Waals surface area (Å²) in [4.78, 5) is 26.4. The molecule has 1 heterocycles. The maximum absolute atomic E-state index is 12.0. The minimum Gasteiger partial charge on any atom is -0.352 e. The number of nitrogens with one attached hydrogen (secondary N) is 2. The minimum absolute atomic E-state index is 0.000186. The van der Waals surface area contributed by atoms with Crippen molar-refractivity contribution in [3.05, 3.63) is 76.1 Å². The zero-order valence-corrected chi connectivity index (χ0v) is 13.2. The van der Waals surface area contributed by atoms with Crippen LogP contribution in [0.3, 0.4) is 0 Å². The Balaban J connectivity index is 1.59. The summed E-state index contributed by atoms with van der Waals surface area (Å²) in [6, 6.07) is 15.5. The first-order valence-corrected chi connectivity index (χ1v) is 7.58. The summed E-state index contributed by atoms with van der Waals surface area (Å²) >= 11 is 0. The molecule has 1 amide bonds. The van der Waals surface area contributed by atoms with E-state index < -0.39 is 4.92 Å². The Kier molecular flexibility index (Phi) is 4.79. The molecule has 0 aliphatic heterocycles. The van der Waals surface area contributed by atoms with Gasteiger partial charge in [0.05, 0.1) is 11.3 Å². The van der Waals surface area contributed by atoms with E-state index in [1.165, 1.54) is 12.1 Å². The van der Waals surface area contributed by atoms with E-state index in [9.17, 15) is 14.9 Å². The first-order valence-electron chi connectivity index (χ1n) is 7.58. The molecule has 0 fully saturated rings. The zero-order chi connectivity index (χ0) is 17.6. The van der Waals surface area contributed by atoms with E-state index in [-0.39, 0.29) is 18.0 Å². The molecule has 0 radical (unpaired) electrons. The largest absolute Gasteiger partial charge is 0.352 e. The van der Waals surface area contributed by atoms with E-state index in [0.29, 0.717) is 23.8 Å². The maximum atomic E-state index is 12.0. The smallest absolute Gasteiger partial charge is 0.269 e. The number of nitro groups is 1. The number of hydrogen-bond donors (Lipinski definition) is 2. The number of aromatic amines is 1. The van der Waals surface area contributed by atoms with Crippen molar-refractivity contribution in [3.8, 4) is 11.4 Å². The molecule has 25 heavy (non-hydrogen) atoms. The SMILES string of the molecule is O=C(Cc1nc(-c2ccc([N+](=O)[O-])cc2)n[nH]1)NCc1ccccc1. The van der Waals surface area contributed by atoms with Crippen molar-refractivity contribution in [1.29, 1.82) is 0 Å². The molecule has 1 aromatic heterocycles. The molecule has 0 unspecified atom stereocenters. The van der Waals surface area contributed by atoms with E-state index in [0.717, 1.165) is 5.56 Å². The third-order valence-corrected chi connectivity index (χ3v) is 3.53. The second kappa shape index (κ2) is 7.35. The fourth-order valence-electron chi connectivity index (χ4n) is 2.25. The van der Waals surface area contributed by atoms with Gasteiger partial charge in [-0.1, -0.05) is 30.3 Å². The van der Waals surface area contributed by atoms with Crippen LogP contribution in [-0.2, 0) is 17.8 Å². The van der Waals surface area contributed by atoms with Gasteiger partial charge in [0, 0.05) is 24.2 Å². The number of carbonyl (C=O) groups excluding carboxylic acids is 1. The van der Waals surface area contributed by atoms with Crippen LogP contribution >= 0.6 is 0 Å². The molecule has 0 atom stereocenters. The molecule has 126 valence electrons. The van der Waals surface area contributed by atoms with Crippen molar-refractivity contribution in [2.75, 3.05) is 0 Å². The molecule has 0 aliphatic rings. The lowest BCUT2D eigenvalue weighted by Crippen LogP contribution is -2.24. The van der Waals surface area contributed by atoms with E-state index in [2.05, 4.69) is 20.5 Å². The summed E-state index contributed by atoms with van der Waals surface area (Å²) in [6.07, 6.45) is 0.0762. The lowest BCUT2D eigenvalue weighted by atomic mass is 10.2. The number of amides is 1. The van der Waals surface area contributed by atoms with E-state index in [1.807, 2.05) is 30.3 Å². The van der Waals surface area contributed by atoms with Gasteiger partial charge in [0.15, 0.2) is 5.82 Å². The molecule has 2 aromatic carbocycles. The van der Waals surface area contributed by atoms with Gasteiger partial charge in [-0.2, -0.15) is 5.10 Å². The number of benzene rings is 2. The molecule has 8 nitrogen and oxygen atoms in total. The van der Waals surface area contributed by atoms with E-state index in [4.69, 9.17) is 0 Å². The van der Waals surface area contributed by atoms with Crippen molar-refractivity contribution in [2.45, 2.75) is 13.0 Å². The number of rotatable bonds is 6. The van der Waals surface area contributed by atoms with Crippen LogP contribution in [0.5, 0.6) is 0 Å². The van der Waals surface area contributed by atoms with Gasteiger partial charge >= 0.3 is 0 Å². The quantitative estimate of drug-likeness (QED) is 0.529. The summed E-state index contributed by atoms with van der Waals surface area (Å²) in [6.45, 7) is 0.447. The van der Waals surface area contributed by atoms with Crippen molar-refractivity contribution in [2.24, 2.45) is 0 Å². The molecule has 8 heteroatoms. The summed E-state index contributed by atoms with van der Waals surface area (Å²) in [7, 11) is 0. The Morgan fingerprint density at radius 1 is 1.12 bits per heavy atom. The molecule has 3 aromatic rings. The number of nitrogens with zero attached hydrogens (tertiary/aromatic N) is 3. The monoisotopic (exact) mass is 337 g/mol. The van der Waals surface area contributed by atoms with Crippen molar-refractivity contribution >= 4 is 11.6 Å². The maximum Gasteiger partial charge on any atom is 0.269 e. The van der Waals surface area contributed by atoms with Crippen LogP contribution in [0.15, 0.2) is 54.6 Å². The first-order chi connectivity index (χ1) is 12.1. The van der Waals surface area contributed by atoms with Crippen LogP contribution in [-0.4, -0.2) is 26.0 Å². The molecule has 0 aliphatic carbocycles. The van der Waals surface area contributed by atoms with Crippen LogP contribution in [0, 0.1) is 10.1 Å². The molecule has 3 rings (SSSR count). The van der Waals surface area contributed by atoms with Gasteiger partial charge < -0.3 is 5.32 Å². The zero-order valence-electron chi connectivity index (χ0n) is 13.2. The third kappa shape index (κ3) is 4.25. The molecular formula is C17H15N5O3. The number of hydrogen-bond acceptors (Lipinski definition) is 5. The molecular weight excluding hydrogens is 322 g/mol. The summed E-state index contributed by atoms with van der Waals surface area (Å²) < 4.78 is 0. The van der Waals surface area contributed by atoms with Gasteiger partial charge in [-0.25, -0.2) is 4.98 Å². The van der Waals surface area contributed by atoms with Crippen LogP contribution in [0.1, 0.15) is 11.4 Å². The highest BCUT2D eigenvalue weighted by atomic mass is 16.6. The van der Waals surface area contributed by atoms with E-state index in [1.54, 1.807) is 12.1 Å². The average molecular weight is 337 g/mol. The number of aromatic nitrogens is 3. The van der Waals surface area contributed by atoms with Crippen molar-refractivity contribution < 1.29 is 9.72 Å².